The molecule has 0 saturated heterocycles. The summed E-state index contributed by atoms with van der Waals surface area (Å²) in [5.41, 5.74) is 3.10. The van der Waals surface area contributed by atoms with E-state index in [1.54, 1.807) is 12.7 Å². The highest BCUT2D eigenvalue weighted by Gasteiger charge is 2.34. The summed E-state index contributed by atoms with van der Waals surface area (Å²) in [5, 5.41) is 0. The van der Waals surface area contributed by atoms with Gasteiger partial charge in [0.2, 0.25) is 0 Å². The Hall–Kier alpha value is -0.980. The fourth-order valence-electron chi connectivity index (χ4n) is 3.22. The van der Waals surface area contributed by atoms with Crippen LogP contribution in [-0.2, 0) is 0 Å². The largest absolute Gasteiger partial charge is 0.496 e. The summed E-state index contributed by atoms with van der Waals surface area (Å²) in [6.07, 6.45) is 5.53. The summed E-state index contributed by atoms with van der Waals surface area (Å²) in [4.78, 5) is 0. The Morgan fingerprint density at radius 2 is 1.79 bits per heavy atom. The van der Waals surface area contributed by atoms with E-state index in [-0.39, 0.29) is 0 Å². The van der Waals surface area contributed by atoms with Gasteiger partial charge < -0.3 is 4.74 Å². The average molecular weight is 188 g/mol. The Bertz CT molecular complexity index is 348. The maximum absolute atomic E-state index is 5.47. The van der Waals surface area contributed by atoms with Crippen molar-refractivity contribution >= 4 is 0 Å². The van der Waals surface area contributed by atoms with Crippen molar-refractivity contribution in [1.29, 1.82) is 0 Å². The molecule has 1 fully saturated rings. The average Bonchev–Trinajstić information content (AvgIpc) is 2.30. The molecule has 74 valence electrons. The molecular formula is C13H16O. The fourth-order valence-corrected chi connectivity index (χ4v) is 3.22. The van der Waals surface area contributed by atoms with E-state index in [0.717, 1.165) is 17.6 Å². The predicted octanol–water partition coefficient (Wildman–Crippen LogP) is 3.45. The third-order valence-corrected chi connectivity index (χ3v) is 3.90. The number of benzene rings is 1. The molecule has 1 heteroatoms. The first-order chi connectivity index (χ1) is 6.90. The van der Waals surface area contributed by atoms with Gasteiger partial charge in [0.25, 0.3) is 0 Å². The van der Waals surface area contributed by atoms with Crippen LogP contribution in [0.1, 0.15) is 48.6 Å². The lowest BCUT2D eigenvalue weighted by Crippen LogP contribution is -2.22. The molecule has 0 aromatic heterocycles. The van der Waals surface area contributed by atoms with Crippen molar-refractivity contribution in [2.45, 2.75) is 37.5 Å². The normalized spacial score (nSPS) is 28.6. The van der Waals surface area contributed by atoms with Crippen molar-refractivity contribution in [3.63, 3.8) is 0 Å². The van der Waals surface area contributed by atoms with Gasteiger partial charge in [-0.3, -0.25) is 0 Å². The molecule has 1 saturated carbocycles. The molecule has 0 atom stereocenters. The summed E-state index contributed by atoms with van der Waals surface area (Å²) in [6.45, 7) is 0. The predicted molar refractivity (Wildman–Crippen MR) is 56.9 cm³/mol. The van der Waals surface area contributed by atoms with Crippen LogP contribution in [0.3, 0.4) is 0 Å². The molecule has 0 spiro atoms. The summed E-state index contributed by atoms with van der Waals surface area (Å²) < 4.78 is 5.47. The molecule has 0 aliphatic heterocycles. The van der Waals surface area contributed by atoms with Crippen LogP contribution in [0.5, 0.6) is 5.75 Å². The highest BCUT2D eigenvalue weighted by molar-refractivity contribution is 5.47. The SMILES string of the molecule is COc1cccc2c1C1CCC2CC1. The van der Waals surface area contributed by atoms with E-state index in [4.69, 9.17) is 4.74 Å². The third kappa shape index (κ3) is 1.01. The van der Waals surface area contributed by atoms with Crippen molar-refractivity contribution in [1.82, 2.24) is 0 Å². The maximum atomic E-state index is 5.47. The van der Waals surface area contributed by atoms with Crippen LogP contribution in [0.25, 0.3) is 0 Å². The van der Waals surface area contributed by atoms with Crippen LogP contribution in [0, 0.1) is 0 Å². The zero-order valence-corrected chi connectivity index (χ0v) is 8.62. The van der Waals surface area contributed by atoms with Crippen LogP contribution >= 0.6 is 0 Å². The van der Waals surface area contributed by atoms with Crippen LogP contribution in [0.15, 0.2) is 18.2 Å². The Morgan fingerprint density at radius 1 is 1.07 bits per heavy atom. The number of rotatable bonds is 1. The molecule has 3 aliphatic rings. The third-order valence-electron chi connectivity index (χ3n) is 3.90. The van der Waals surface area contributed by atoms with Gasteiger partial charge in [-0.2, -0.15) is 0 Å². The lowest BCUT2D eigenvalue weighted by Gasteiger charge is -2.38. The quantitative estimate of drug-likeness (QED) is 0.656. The van der Waals surface area contributed by atoms with E-state index in [9.17, 15) is 0 Å². The van der Waals surface area contributed by atoms with Gasteiger partial charge in [-0.1, -0.05) is 12.1 Å². The smallest absolute Gasteiger partial charge is 0.122 e. The van der Waals surface area contributed by atoms with Gasteiger partial charge in [-0.15, -0.1) is 0 Å². The molecule has 0 unspecified atom stereocenters. The Labute approximate surface area is 85.1 Å². The molecule has 1 aromatic rings. The van der Waals surface area contributed by atoms with Crippen molar-refractivity contribution in [2.75, 3.05) is 7.11 Å². The minimum atomic E-state index is 0.783. The lowest BCUT2D eigenvalue weighted by atomic mass is 9.67. The molecule has 14 heavy (non-hydrogen) atoms. The highest BCUT2D eigenvalue weighted by Crippen LogP contribution is 2.52. The molecule has 1 nitrogen and oxygen atoms in total. The van der Waals surface area contributed by atoms with Gasteiger partial charge in [-0.25, -0.2) is 0 Å². The first-order valence-electron chi connectivity index (χ1n) is 5.57. The lowest BCUT2D eigenvalue weighted by molar-refractivity contribution is 0.335. The topological polar surface area (TPSA) is 9.23 Å². The molecule has 0 N–H and O–H groups in total. The number of fused-ring (bicyclic) bond motifs is 2. The molecule has 0 amide bonds. The monoisotopic (exact) mass is 188 g/mol. The van der Waals surface area contributed by atoms with Crippen molar-refractivity contribution < 1.29 is 4.74 Å². The van der Waals surface area contributed by atoms with E-state index in [1.807, 2.05) is 0 Å². The number of methoxy groups -OCH3 is 1. The summed E-state index contributed by atoms with van der Waals surface area (Å²) in [5.74, 6) is 2.73. The molecule has 4 rings (SSSR count). The van der Waals surface area contributed by atoms with Crippen LogP contribution < -0.4 is 4.74 Å². The minimum Gasteiger partial charge on any atom is -0.496 e. The number of ether oxygens (including phenoxy) is 1. The second kappa shape index (κ2) is 3.01. The standard InChI is InChI=1S/C13H16O/c1-14-12-4-2-3-11-9-5-7-10(8-6-9)13(11)12/h2-4,9-10H,5-8H2,1H3. The van der Waals surface area contributed by atoms with Gasteiger partial charge in [0.05, 0.1) is 7.11 Å². The second-order valence-corrected chi connectivity index (χ2v) is 4.51. The second-order valence-electron chi connectivity index (χ2n) is 4.51. The van der Waals surface area contributed by atoms with Crippen LogP contribution in [0.2, 0.25) is 0 Å². The van der Waals surface area contributed by atoms with Gasteiger partial charge in [0.1, 0.15) is 5.75 Å². The zero-order chi connectivity index (χ0) is 9.54. The van der Waals surface area contributed by atoms with E-state index in [2.05, 4.69) is 18.2 Å². The van der Waals surface area contributed by atoms with Crippen LogP contribution in [0.4, 0.5) is 0 Å². The van der Waals surface area contributed by atoms with E-state index in [0.29, 0.717) is 0 Å². The molecular weight excluding hydrogens is 172 g/mol. The fraction of sp³-hybridized carbons (Fsp3) is 0.538. The Kier molecular flexibility index (Phi) is 1.79. The van der Waals surface area contributed by atoms with Gasteiger partial charge in [0.15, 0.2) is 0 Å². The number of hydrogen-bond acceptors (Lipinski definition) is 1. The van der Waals surface area contributed by atoms with E-state index < -0.39 is 0 Å². The summed E-state index contributed by atoms with van der Waals surface area (Å²) >= 11 is 0. The molecule has 0 heterocycles. The van der Waals surface area contributed by atoms with Gasteiger partial charge >= 0.3 is 0 Å². The van der Waals surface area contributed by atoms with Crippen LogP contribution in [-0.4, -0.2) is 7.11 Å². The van der Waals surface area contributed by atoms with Gasteiger partial charge in [-0.05, 0) is 49.1 Å². The van der Waals surface area contributed by atoms with Crippen molar-refractivity contribution in [3.05, 3.63) is 29.3 Å². The molecule has 3 aliphatic carbocycles. The summed E-state index contributed by atoms with van der Waals surface area (Å²) in [6, 6.07) is 6.55. The van der Waals surface area contributed by atoms with E-state index in [1.165, 1.54) is 31.2 Å². The first kappa shape index (κ1) is 8.34. The number of hydrogen-bond donors (Lipinski definition) is 0. The molecule has 2 bridgehead atoms. The Morgan fingerprint density at radius 3 is 2.50 bits per heavy atom. The minimum absolute atomic E-state index is 0.783. The zero-order valence-electron chi connectivity index (χ0n) is 8.62. The maximum Gasteiger partial charge on any atom is 0.122 e. The molecule has 1 aromatic carbocycles. The van der Waals surface area contributed by atoms with Crippen molar-refractivity contribution in [2.24, 2.45) is 0 Å². The Balaban J connectivity index is 2.18. The van der Waals surface area contributed by atoms with Crippen molar-refractivity contribution in [3.8, 4) is 5.75 Å². The molecule has 0 radical (unpaired) electrons. The first-order valence-corrected chi connectivity index (χ1v) is 5.57. The van der Waals surface area contributed by atoms with Gasteiger partial charge in [0, 0.05) is 5.56 Å². The summed E-state index contributed by atoms with van der Waals surface area (Å²) in [7, 11) is 1.79. The highest BCUT2D eigenvalue weighted by atomic mass is 16.5. The van der Waals surface area contributed by atoms with E-state index >= 15 is 0 Å².